The number of aliphatic imine (C=N–C) groups is 1. The molecular weight excluding hydrogens is 264 g/mol. The number of nitrogens with one attached hydrogen (secondary N) is 1. The van der Waals surface area contributed by atoms with Crippen molar-refractivity contribution in [3.63, 3.8) is 0 Å². The molecule has 2 aromatic carbocycles. The summed E-state index contributed by atoms with van der Waals surface area (Å²) in [6.07, 6.45) is -0.310. The number of nitrogens with zero attached hydrogens (tertiary/aromatic N) is 3. The second-order valence-electron chi connectivity index (χ2n) is 4.94. The van der Waals surface area contributed by atoms with Gasteiger partial charge in [-0.05, 0) is 18.2 Å². The Balaban J connectivity index is 2.00. The molecule has 6 heteroatoms. The van der Waals surface area contributed by atoms with E-state index in [1.165, 1.54) is 0 Å². The molecule has 1 unspecified atom stereocenters. The van der Waals surface area contributed by atoms with E-state index in [4.69, 9.17) is 11.5 Å². The summed E-state index contributed by atoms with van der Waals surface area (Å²) in [7, 11) is 0. The van der Waals surface area contributed by atoms with Gasteiger partial charge in [0.1, 0.15) is 0 Å². The van der Waals surface area contributed by atoms with Crippen LogP contribution < -0.4 is 16.8 Å². The third-order valence-corrected chi connectivity index (χ3v) is 3.62. The Labute approximate surface area is 121 Å². The number of rotatable bonds is 1. The molecule has 6 nitrogen and oxygen atoms in total. The highest BCUT2D eigenvalue weighted by molar-refractivity contribution is 5.94. The topological polar surface area (TPSA) is 94.2 Å². The normalized spacial score (nSPS) is 17.1. The Morgan fingerprint density at radius 3 is 2.62 bits per heavy atom. The number of imidazole rings is 1. The highest BCUT2D eigenvalue weighted by atomic mass is 15.4. The summed E-state index contributed by atoms with van der Waals surface area (Å²) >= 11 is 0. The number of guanidine groups is 1. The molecule has 21 heavy (non-hydrogen) atoms. The molecule has 104 valence electrons. The molecule has 5 N–H and O–H groups in total. The van der Waals surface area contributed by atoms with Gasteiger partial charge in [0.2, 0.25) is 5.95 Å². The molecule has 0 amide bonds. The Hall–Kier alpha value is -3.02. The van der Waals surface area contributed by atoms with Gasteiger partial charge in [-0.15, -0.1) is 0 Å². The first-order valence-corrected chi connectivity index (χ1v) is 6.66. The van der Waals surface area contributed by atoms with Crippen molar-refractivity contribution >= 4 is 28.6 Å². The van der Waals surface area contributed by atoms with E-state index >= 15 is 0 Å². The fourth-order valence-electron chi connectivity index (χ4n) is 2.67. The van der Waals surface area contributed by atoms with Crippen molar-refractivity contribution in [2.75, 3.05) is 11.1 Å². The SMILES string of the molecule is NC1=NC(c2ccccc2N)n2c(nc3ccccc32)N1. The maximum Gasteiger partial charge on any atom is 0.212 e. The molecule has 0 saturated carbocycles. The van der Waals surface area contributed by atoms with Crippen LogP contribution in [0.2, 0.25) is 0 Å². The zero-order valence-corrected chi connectivity index (χ0v) is 11.2. The molecule has 1 aliphatic rings. The van der Waals surface area contributed by atoms with Crippen LogP contribution in [0.1, 0.15) is 11.7 Å². The van der Waals surface area contributed by atoms with Crippen molar-refractivity contribution in [3.05, 3.63) is 54.1 Å². The minimum Gasteiger partial charge on any atom is -0.398 e. The van der Waals surface area contributed by atoms with Gasteiger partial charge >= 0.3 is 0 Å². The monoisotopic (exact) mass is 278 g/mol. The first kappa shape index (κ1) is 11.8. The highest BCUT2D eigenvalue weighted by Gasteiger charge is 2.25. The third kappa shape index (κ3) is 1.73. The fraction of sp³-hybridized carbons (Fsp3) is 0.0667. The minimum atomic E-state index is -0.310. The van der Waals surface area contributed by atoms with Crippen LogP contribution in [0.3, 0.4) is 0 Å². The standard InChI is InChI=1S/C15H14N6/c16-10-6-2-1-5-9(10)13-19-14(17)20-15-18-11-7-3-4-8-12(11)21(13)15/h1-8,13H,16H2,(H3,17,18,19,20). The average molecular weight is 278 g/mol. The van der Waals surface area contributed by atoms with Gasteiger partial charge in [0.05, 0.1) is 11.0 Å². The van der Waals surface area contributed by atoms with Gasteiger partial charge < -0.3 is 11.5 Å². The van der Waals surface area contributed by atoms with Crippen molar-refractivity contribution in [1.82, 2.24) is 9.55 Å². The van der Waals surface area contributed by atoms with Crippen LogP contribution in [0, 0.1) is 0 Å². The van der Waals surface area contributed by atoms with Gasteiger partial charge in [0.15, 0.2) is 12.1 Å². The van der Waals surface area contributed by atoms with Gasteiger partial charge in [-0.3, -0.25) is 9.88 Å². The van der Waals surface area contributed by atoms with Crippen molar-refractivity contribution in [2.45, 2.75) is 6.17 Å². The van der Waals surface area contributed by atoms with E-state index in [0.29, 0.717) is 17.6 Å². The summed E-state index contributed by atoms with van der Waals surface area (Å²) in [5.41, 5.74) is 15.5. The van der Waals surface area contributed by atoms with Gasteiger partial charge in [0, 0.05) is 11.3 Å². The van der Waals surface area contributed by atoms with Crippen molar-refractivity contribution in [1.29, 1.82) is 0 Å². The molecule has 0 saturated heterocycles. The number of benzene rings is 2. The predicted octanol–water partition coefficient (Wildman–Crippen LogP) is 1.91. The number of para-hydroxylation sites is 3. The molecule has 0 fully saturated rings. The summed E-state index contributed by atoms with van der Waals surface area (Å²) in [6.45, 7) is 0. The van der Waals surface area contributed by atoms with Crippen LogP contribution in [0.4, 0.5) is 11.6 Å². The zero-order chi connectivity index (χ0) is 14.4. The largest absolute Gasteiger partial charge is 0.398 e. The molecule has 1 aliphatic heterocycles. The maximum atomic E-state index is 6.10. The lowest BCUT2D eigenvalue weighted by Crippen LogP contribution is -2.31. The van der Waals surface area contributed by atoms with E-state index in [0.717, 1.165) is 16.6 Å². The second kappa shape index (κ2) is 4.24. The number of nitrogen functional groups attached to an aromatic ring is 1. The molecule has 4 rings (SSSR count). The van der Waals surface area contributed by atoms with Gasteiger partial charge in [-0.2, -0.15) is 0 Å². The number of anilines is 2. The van der Waals surface area contributed by atoms with Crippen molar-refractivity contribution < 1.29 is 0 Å². The lowest BCUT2D eigenvalue weighted by Gasteiger charge is -2.24. The summed E-state index contributed by atoms with van der Waals surface area (Å²) in [5.74, 6) is 1.02. The molecule has 2 heterocycles. The first-order chi connectivity index (χ1) is 10.2. The smallest absolute Gasteiger partial charge is 0.212 e. The van der Waals surface area contributed by atoms with Gasteiger partial charge in [0.25, 0.3) is 0 Å². The van der Waals surface area contributed by atoms with Gasteiger partial charge in [-0.25, -0.2) is 9.98 Å². The number of aromatic nitrogens is 2. The summed E-state index contributed by atoms with van der Waals surface area (Å²) in [4.78, 5) is 9.06. The number of hydrogen-bond acceptors (Lipinski definition) is 5. The molecule has 1 atom stereocenters. The maximum absolute atomic E-state index is 6.10. The zero-order valence-electron chi connectivity index (χ0n) is 11.2. The summed E-state index contributed by atoms with van der Waals surface area (Å²) in [5, 5.41) is 3.01. The van der Waals surface area contributed by atoms with Crippen molar-refractivity contribution in [2.24, 2.45) is 10.7 Å². The molecule has 0 spiro atoms. The average Bonchev–Trinajstić information content (AvgIpc) is 2.85. The number of fused-ring (bicyclic) bond motifs is 3. The number of hydrogen-bond donors (Lipinski definition) is 3. The quantitative estimate of drug-likeness (QED) is 0.593. The van der Waals surface area contributed by atoms with E-state index in [-0.39, 0.29) is 6.17 Å². The van der Waals surface area contributed by atoms with Crippen LogP contribution in [0.15, 0.2) is 53.5 Å². The Morgan fingerprint density at radius 2 is 1.76 bits per heavy atom. The van der Waals surface area contributed by atoms with E-state index in [1.807, 2.05) is 53.1 Å². The Morgan fingerprint density at radius 1 is 1.00 bits per heavy atom. The first-order valence-electron chi connectivity index (χ1n) is 6.66. The molecule has 0 radical (unpaired) electrons. The van der Waals surface area contributed by atoms with E-state index < -0.39 is 0 Å². The molecule has 0 bridgehead atoms. The van der Waals surface area contributed by atoms with Crippen LogP contribution in [0.5, 0.6) is 0 Å². The summed E-state index contributed by atoms with van der Waals surface area (Å²) < 4.78 is 2.01. The fourth-order valence-corrected chi connectivity index (χ4v) is 2.67. The van der Waals surface area contributed by atoms with Crippen molar-refractivity contribution in [3.8, 4) is 0 Å². The molecule has 0 aliphatic carbocycles. The molecule has 3 aromatic rings. The number of nitrogens with two attached hydrogens (primary N) is 2. The molecule has 1 aromatic heterocycles. The Kier molecular flexibility index (Phi) is 2.38. The van der Waals surface area contributed by atoms with Crippen LogP contribution in [0.25, 0.3) is 11.0 Å². The lowest BCUT2D eigenvalue weighted by atomic mass is 10.1. The van der Waals surface area contributed by atoms with E-state index in [1.54, 1.807) is 0 Å². The second-order valence-corrected chi connectivity index (χ2v) is 4.94. The summed E-state index contributed by atoms with van der Waals surface area (Å²) in [6, 6.07) is 15.6. The van der Waals surface area contributed by atoms with Gasteiger partial charge in [-0.1, -0.05) is 30.3 Å². The Bertz CT molecular complexity index is 863. The van der Waals surface area contributed by atoms with Crippen LogP contribution in [-0.4, -0.2) is 15.5 Å². The minimum absolute atomic E-state index is 0.310. The predicted molar refractivity (Wildman–Crippen MR) is 84.0 cm³/mol. The van der Waals surface area contributed by atoms with Crippen LogP contribution >= 0.6 is 0 Å². The van der Waals surface area contributed by atoms with Crippen LogP contribution in [-0.2, 0) is 0 Å². The van der Waals surface area contributed by atoms with E-state index in [2.05, 4.69) is 15.3 Å². The van der Waals surface area contributed by atoms with E-state index in [9.17, 15) is 0 Å². The lowest BCUT2D eigenvalue weighted by molar-refractivity contribution is 0.628. The third-order valence-electron chi connectivity index (χ3n) is 3.62. The highest BCUT2D eigenvalue weighted by Crippen LogP contribution is 2.34. The molecular formula is C15H14N6.